The van der Waals surface area contributed by atoms with Crippen molar-refractivity contribution in [2.45, 2.75) is 90.9 Å². The summed E-state index contributed by atoms with van der Waals surface area (Å²) in [5, 5.41) is 26.8. The van der Waals surface area contributed by atoms with E-state index in [-0.39, 0.29) is 10.8 Å². The molecule has 0 radical (unpaired) electrons. The number of phenols is 2. The molecule has 0 saturated carbocycles. The summed E-state index contributed by atoms with van der Waals surface area (Å²) in [4.78, 5) is 0. The molecule has 2 N–H and O–H groups in total. The Labute approximate surface area is 192 Å². The van der Waals surface area contributed by atoms with Gasteiger partial charge in [0.05, 0.1) is 0 Å². The Morgan fingerprint density at radius 2 is 1.03 bits per heavy atom. The van der Waals surface area contributed by atoms with Crippen LogP contribution in [-0.2, 0) is 23.7 Å². The zero-order valence-electron chi connectivity index (χ0n) is 20.6. The van der Waals surface area contributed by atoms with Crippen LogP contribution in [0.15, 0.2) is 12.1 Å². The highest BCUT2D eigenvalue weighted by molar-refractivity contribution is 5.65. The van der Waals surface area contributed by atoms with E-state index in [9.17, 15) is 10.2 Å². The first kappa shape index (κ1) is 22.7. The molecule has 0 unspecified atom stereocenters. The van der Waals surface area contributed by atoms with Crippen molar-refractivity contribution in [1.82, 2.24) is 0 Å². The van der Waals surface area contributed by atoms with Crippen molar-refractivity contribution in [2.75, 3.05) is 0 Å². The van der Waals surface area contributed by atoms with Crippen LogP contribution in [0.1, 0.15) is 89.5 Å². The number of phenolic OH excluding ortho intramolecular Hbond substituents is 2. The van der Waals surface area contributed by atoms with Gasteiger partial charge in [-0.3, -0.25) is 0 Å². The second-order valence-electron chi connectivity index (χ2n) is 11.5. The van der Waals surface area contributed by atoms with E-state index in [1.54, 1.807) is 0 Å². The lowest BCUT2D eigenvalue weighted by Crippen LogP contribution is -2.35. The number of benzene rings is 2. The molecule has 0 bridgehead atoms. The van der Waals surface area contributed by atoms with Crippen LogP contribution in [-0.4, -0.2) is 10.2 Å². The zero-order valence-corrected chi connectivity index (χ0v) is 20.6. The molecule has 0 heterocycles. The van der Waals surface area contributed by atoms with Crippen LogP contribution in [0, 0.1) is 0 Å². The average molecular weight is 431 g/mol. The quantitative estimate of drug-likeness (QED) is 0.712. The maximum Gasteiger partial charge on any atom is 0.123 e. The molecular formula is C30H38O2. The van der Waals surface area contributed by atoms with Crippen molar-refractivity contribution >= 4 is 24.3 Å². The van der Waals surface area contributed by atoms with Gasteiger partial charge >= 0.3 is 0 Å². The third-order valence-electron chi connectivity index (χ3n) is 6.97. The minimum atomic E-state index is -0.121. The van der Waals surface area contributed by atoms with E-state index >= 15 is 0 Å². The molecule has 0 amide bonds. The molecule has 0 saturated heterocycles. The monoisotopic (exact) mass is 430 g/mol. The Hall–Kier alpha value is -2.48. The van der Waals surface area contributed by atoms with Crippen LogP contribution >= 0.6 is 0 Å². The van der Waals surface area contributed by atoms with Gasteiger partial charge in [0.2, 0.25) is 0 Å². The van der Waals surface area contributed by atoms with E-state index in [1.165, 1.54) is 20.9 Å². The molecule has 4 rings (SSSR count). The van der Waals surface area contributed by atoms with Gasteiger partial charge in [-0.15, -0.1) is 0 Å². The first-order chi connectivity index (χ1) is 15.0. The average Bonchev–Trinajstić information content (AvgIpc) is 2.73. The molecule has 170 valence electrons. The summed E-state index contributed by atoms with van der Waals surface area (Å²) in [7, 11) is 0. The maximum atomic E-state index is 11.0. The largest absolute Gasteiger partial charge is 0.507 e. The Kier molecular flexibility index (Phi) is 5.77. The Bertz CT molecular complexity index is 1190. The first-order valence-electron chi connectivity index (χ1n) is 12.1. The van der Waals surface area contributed by atoms with Crippen LogP contribution in [0.2, 0.25) is 0 Å². The predicted molar refractivity (Wildman–Crippen MR) is 136 cm³/mol. The second kappa shape index (κ2) is 8.14. The molecule has 2 aliphatic carbocycles. The van der Waals surface area contributed by atoms with Crippen LogP contribution in [0.5, 0.6) is 11.5 Å². The zero-order chi connectivity index (χ0) is 23.3. The summed E-state index contributed by atoms with van der Waals surface area (Å²) in [5.74, 6) is 0.955. The van der Waals surface area contributed by atoms with Crippen molar-refractivity contribution in [3.05, 3.63) is 55.3 Å². The minimum absolute atomic E-state index is 0.121. The molecule has 0 aliphatic heterocycles. The number of rotatable bonds is 1. The first-order valence-corrected chi connectivity index (χ1v) is 12.1. The molecule has 0 atom stereocenters. The fourth-order valence-electron chi connectivity index (χ4n) is 5.17. The van der Waals surface area contributed by atoms with Crippen molar-refractivity contribution in [1.29, 1.82) is 0 Å². The van der Waals surface area contributed by atoms with Crippen LogP contribution in [0.25, 0.3) is 24.3 Å². The van der Waals surface area contributed by atoms with E-state index < -0.39 is 0 Å². The van der Waals surface area contributed by atoms with Crippen molar-refractivity contribution in [2.24, 2.45) is 0 Å². The van der Waals surface area contributed by atoms with Gasteiger partial charge < -0.3 is 10.2 Å². The van der Waals surface area contributed by atoms with Crippen molar-refractivity contribution in [3.63, 3.8) is 0 Å². The van der Waals surface area contributed by atoms with E-state index in [1.807, 2.05) is 0 Å². The maximum absolute atomic E-state index is 11.0. The lowest BCUT2D eigenvalue weighted by molar-refractivity contribution is 0.437. The van der Waals surface area contributed by atoms with Crippen LogP contribution in [0.4, 0.5) is 0 Å². The fourth-order valence-corrected chi connectivity index (χ4v) is 5.17. The normalized spacial score (nSPS) is 17.4. The predicted octanol–water partition coefficient (Wildman–Crippen LogP) is 4.19. The molecular weight excluding hydrogens is 392 g/mol. The van der Waals surface area contributed by atoms with E-state index in [0.717, 1.165) is 60.8 Å². The third-order valence-corrected chi connectivity index (χ3v) is 6.97. The summed E-state index contributed by atoms with van der Waals surface area (Å²) in [5.41, 5.74) is 3.98. The van der Waals surface area contributed by atoms with Gasteiger partial charge in [-0.1, -0.05) is 65.8 Å². The molecule has 2 aliphatic rings. The van der Waals surface area contributed by atoms with Crippen LogP contribution in [0.3, 0.4) is 0 Å². The summed E-state index contributed by atoms with van der Waals surface area (Å²) < 4.78 is 0. The van der Waals surface area contributed by atoms with Gasteiger partial charge in [-0.2, -0.15) is 0 Å². The highest BCUT2D eigenvalue weighted by Crippen LogP contribution is 2.33. The van der Waals surface area contributed by atoms with Gasteiger partial charge in [0.15, 0.2) is 0 Å². The summed E-state index contributed by atoms with van der Waals surface area (Å²) >= 11 is 0. The molecule has 2 heteroatoms. The van der Waals surface area contributed by atoms with Crippen molar-refractivity contribution < 1.29 is 10.2 Å². The Morgan fingerprint density at radius 3 is 1.38 bits per heavy atom. The number of aromatic hydroxyl groups is 2. The van der Waals surface area contributed by atoms with Gasteiger partial charge in [-0.25, -0.2) is 0 Å². The minimum Gasteiger partial charge on any atom is -0.507 e. The van der Waals surface area contributed by atoms with Gasteiger partial charge in [0.1, 0.15) is 11.5 Å². The van der Waals surface area contributed by atoms with E-state index in [0.29, 0.717) is 11.5 Å². The molecule has 32 heavy (non-hydrogen) atoms. The third kappa shape index (κ3) is 4.12. The Balaban J connectivity index is 2.05. The highest BCUT2D eigenvalue weighted by Gasteiger charge is 2.23. The number of hydrogen-bond donors (Lipinski definition) is 2. The molecule has 0 aromatic heterocycles. The molecule has 0 fully saturated rings. The number of hydrogen-bond acceptors (Lipinski definition) is 2. The van der Waals surface area contributed by atoms with Gasteiger partial charge in [0, 0.05) is 22.3 Å². The molecule has 0 spiro atoms. The highest BCUT2D eigenvalue weighted by atomic mass is 16.3. The standard InChI is InChI=1S/C30H38O2/c1-29(2,3)25-17-19(21-11-7-9-13-23(21)27(25)31)15-16-20-18-26(30(4,5)6)28(32)24-14-10-8-12-22(20)24/h11-12,15-18,31-32H,7-10,13-14H2,1-6H3. The Morgan fingerprint density at radius 1 is 0.656 bits per heavy atom. The molecule has 2 aromatic rings. The summed E-state index contributed by atoms with van der Waals surface area (Å²) in [6.45, 7) is 13.0. The second-order valence-corrected chi connectivity index (χ2v) is 11.5. The topological polar surface area (TPSA) is 40.5 Å². The fraction of sp³-hybridized carbons (Fsp3) is 0.467. The van der Waals surface area contributed by atoms with Gasteiger partial charge in [0.25, 0.3) is 0 Å². The lowest BCUT2D eigenvalue weighted by Gasteiger charge is -2.24. The van der Waals surface area contributed by atoms with E-state index in [4.69, 9.17) is 0 Å². The summed E-state index contributed by atoms with van der Waals surface area (Å²) in [6, 6.07) is 4.35. The van der Waals surface area contributed by atoms with Crippen LogP contribution < -0.4 is 20.9 Å². The van der Waals surface area contributed by atoms with E-state index in [2.05, 4.69) is 78.0 Å². The SMILES string of the molecule is CC(C)(C)c1cc(=CC=c2cc(C(C)(C)C)c(O)c3c2=CCCC3)c2c(c1O)CCCC=2. The molecule has 2 nitrogen and oxygen atoms in total. The van der Waals surface area contributed by atoms with Crippen molar-refractivity contribution in [3.8, 4) is 11.5 Å². The lowest BCUT2D eigenvalue weighted by atomic mass is 9.82. The smallest absolute Gasteiger partial charge is 0.123 e. The summed E-state index contributed by atoms with van der Waals surface area (Å²) in [6.07, 6.45) is 15.1. The number of fused-ring (bicyclic) bond motifs is 2. The van der Waals surface area contributed by atoms with Gasteiger partial charge in [-0.05, 0) is 82.4 Å². The molecule has 2 aromatic carbocycles.